The smallest absolute Gasteiger partial charge is 0.258 e. The lowest BCUT2D eigenvalue weighted by Gasteiger charge is -2.37. The van der Waals surface area contributed by atoms with Crippen molar-refractivity contribution in [1.29, 1.82) is 0 Å². The number of ether oxygens (including phenoxy) is 1. The van der Waals surface area contributed by atoms with E-state index in [9.17, 15) is 9.18 Å². The maximum Gasteiger partial charge on any atom is 0.258 e. The maximum absolute atomic E-state index is 14.5. The first-order valence-electron chi connectivity index (χ1n) is 9.81. The molecule has 1 atom stereocenters. The lowest BCUT2D eigenvalue weighted by molar-refractivity contribution is 0.0654. The number of hydrogen-bond acceptors (Lipinski definition) is 5. The van der Waals surface area contributed by atoms with Gasteiger partial charge in [-0.15, -0.1) is 0 Å². The van der Waals surface area contributed by atoms with Crippen LogP contribution in [0.3, 0.4) is 0 Å². The number of amides is 1. The number of nitrogens with zero attached hydrogens (tertiary/aromatic N) is 3. The molecule has 4 rings (SSSR count). The fourth-order valence-electron chi connectivity index (χ4n) is 4.24. The molecule has 2 heterocycles. The van der Waals surface area contributed by atoms with E-state index in [2.05, 4.69) is 9.97 Å². The molecule has 3 aromatic rings. The summed E-state index contributed by atoms with van der Waals surface area (Å²) in [6, 6.07) is 12.0. The molecule has 30 heavy (non-hydrogen) atoms. The van der Waals surface area contributed by atoms with E-state index in [4.69, 9.17) is 10.5 Å². The van der Waals surface area contributed by atoms with Crippen LogP contribution in [0, 0.1) is 12.7 Å². The first kappa shape index (κ1) is 19.8. The van der Waals surface area contributed by atoms with Gasteiger partial charge in [-0.3, -0.25) is 4.79 Å². The SMILES string of the molecule is CCN1C(=O)c2c(C)nc(N)nc2C[C@@H]1c1c(OC)cc(F)cc1-c1ccccc1. The minimum Gasteiger partial charge on any atom is -0.496 e. The van der Waals surface area contributed by atoms with E-state index < -0.39 is 5.82 Å². The summed E-state index contributed by atoms with van der Waals surface area (Å²) in [6.45, 7) is 4.15. The zero-order valence-electron chi connectivity index (χ0n) is 17.1. The number of carbonyl (C=O) groups excluding carboxylic acids is 1. The fraction of sp³-hybridized carbons (Fsp3) is 0.261. The average molecular weight is 406 g/mol. The van der Waals surface area contributed by atoms with Crippen LogP contribution in [-0.4, -0.2) is 34.4 Å². The summed E-state index contributed by atoms with van der Waals surface area (Å²) in [7, 11) is 1.51. The lowest BCUT2D eigenvalue weighted by Crippen LogP contribution is -2.41. The Balaban J connectivity index is 1.96. The van der Waals surface area contributed by atoms with Crippen molar-refractivity contribution in [2.24, 2.45) is 0 Å². The van der Waals surface area contributed by atoms with Gasteiger partial charge in [-0.1, -0.05) is 30.3 Å². The number of methoxy groups -OCH3 is 1. The van der Waals surface area contributed by atoms with Gasteiger partial charge in [0.05, 0.1) is 30.1 Å². The number of aryl methyl sites for hydroxylation is 1. The standard InChI is InChI=1S/C23H23FN4O2/c1-4-28-18(12-17-20(22(28)29)13(2)26-23(25)27-17)21-16(14-8-6-5-7-9-14)10-15(24)11-19(21)30-3/h5-11,18H,4,12H2,1-3H3,(H2,25,26,27)/t18-/m1/s1. The molecule has 0 unspecified atom stereocenters. The zero-order valence-corrected chi connectivity index (χ0v) is 17.1. The summed E-state index contributed by atoms with van der Waals surface area (Å²) in [5.41, 5.74) is 9.79. The van der Waals surface area contributed by atoms with E-state index in [1.54, 1.807) is 11.8 Å². The highest BCUT2D eigenvalue weighted by Gasteiger charge is 2.38. The number of benzene rings is 2. The number of carbonyl (C=O) groups is 1. The predicted octanol–water partition coefficient (Wildman–Crippen LogP) is 3.94. The van der Waals surface area contributed by atoms with E-state index in [-0.39, 0.29) is 17.9 Å². The molecule has 0 aliphatic carbocycles. The molecule has 2 aromatic carbocycles. The van der Waals surface area contributed by atoms with Crippen molar-refractivity contribution in [3.63, 3.8) is 0 Å². The normalized spacial score (nSPS) is 15.8. The molecule has 0 bridgehead atoms. The van der Waals surface area contributed by atoms with Crippen LogP contribution in [0.15, 0.2) is 42.5 Å². The first-order valence-corrected chi connectivity index (χ1v) is 9.81. The molecule has 0 saturated heterocycles. The molecule has 0 spiro atoms. The van der Waals surface area contributed by atoms with E-state index in [0.29, 0.717) is 41.2 Å². The minimum atomic E-state index is -0.401. The van der Waals surface area contributed by atoms with Crippen molar-refractivity contribution in [2.45, 2.75) is 26.3 Å². The molecule has 7 heteroatoms. The van der Waals surface area contributed by atoms with Gasteiger partial charge in [-0.05, 0) is 31.0 Å². The number of halogens is 1. The third-order valence-corrected chi connectivity index (χ3v) is 5.51. The first-order chi connectivity index (χ1) is 14.4. The van der Waals surface area contributed by atoms with Gasteiger partial charge in [0.2, 0.25) is 5.95 Å². The molecule has 2 N–H and O–H groups in total. The summed E-state index contributed by atoms with van der Waals surface area (Å²) in [4.78, 5) is 23.6. The highest BCUT2D eigenvalue weighted by molar-refractivity contribution is 5.98. The Morgan fingerprint density at radius 1 is 1.23 bits per heavy atom. The summed E-state index contributed by atoms with van der Waals surface area (Å²) in [5.74, 6) is -0.0292. The molecular weight excluding hydrogens is 383 g/mol. The number of aromatic nitrogens is 2. The van der Waals surface area contributed by atoms with Crippen LogP contribution in [0.1, 0.15) is 40.3 Å². The molecule has 1 aromatic heterocycles. The highest BCUT2D eigenvalue weighted by Crippen LogP contribution is 2.43. The van der Waals surface area contributed by atoms with Crippen molar-refractivity contribution in [1.82, 2.24) is 14.9 Å². The molecular formula is C23H23FN4O2. The molecule has 0 radical (unpaired) electrons. The van der Waals surface area contributed by atoms with Gasteiger partial charge in [-0.25, -0.2) is 14.4 Å². The number of anilines is 1. The topological polar surface area (TPSA) is 81.3 Å². The quantitative estimate of drug-likeness (QED) is 0.710. The molecule has 1 aliphatic heterocycles. The zero-order chi connectivity index (χ0) is 21.4. The molecule has 1 aliphatic rings. The minimum absolute atomic E-state index is 0.136. The van der Waals surface area contributed by atoms with Crippen molar-refractivity contribution >= 4 is 11.9 Å². The van der Waals surface area contributed by atoms with E-state index in [0.717, 1.165) is 11.1 Å². The number of fused-ring (bicyclic) bond motifs is 1. The Bertz CT molecular complexity index is 1120. The van der Waals surface area contributed by atoms with Crippen LogP contribution in [0.4, 0.5) is 10.3 Å². The summed E-state index contributed by atoms with van der Waals surface area (Å²) in [6.07, 6.45) is 0.435. The molecule has 1 amide bonds. The van der Waals surface area contributed by atoms with Gasteiger partial charge in [0.15, 0.2) is 0 Å². The number of nitrogen functional groups attached to an aromatic ring is 1. The second-order valence-electron chi connectivity index (χ2n) is 7.24. The van der Waals surface area contributed by atoms with Crippen molar-refractivity contribution < 1.29 is 13.9 Å². The predicted molar refractivity (Wildman–Crippen MR) is 113 cm³/mol. The average Bonchev–Trinajstić information content (AvgIpc) is 2.73. The van der Waals surface area contributed by atoms with Gasteiger partial charge in [0, 0.05) is 24.6 Å². The second-order valence-corrected chi connectivity index (χ2v) is 7.24. The molecule has 0 saturated carbocycles. The van der Waals surface area contributed by atoms with Crippen LogP contribution in [0.25, 0.3) is 11.1 Å². The molecule has 154 valence electrons. The van der Waals surface area contributed by atoms with Crippen molar-refractivity contribution in [2.75, 3.05) is 19.4 Å². The van der Waals surface area contributed by atoms with Crippen LogP contribution in [0.2, 0.25) is 0 Å². The lowest BCUT2D eigenvalue weighted by atomic mass is 9.86. The maximum atomic E-state index is 14.5. The summed E-state index contributed by atoms with van der Waals surface area (Å²) >= 11 is 0. The van der Waals surface area contributed by atoms with Crippen LogP contribution in [-0.2, 0) is 6.42 Å². The van der Waals surface area contributed by atoms with Crippen molar-refractivity contribution in [3.8, 4) is 16.9 Å². The van der Waals surface area contributed by atoms with Gasteiger partial charge < -0.3 is 15.4 Å². The van der Waals surface area contributed by atoms with Gasteiger partial charge in [0.25, 0.3) is 5.91 Å². The summed E-state index contributed by atoms with van der Waals surface area (Å²) in [5, 5.41) is 0. The Hall–Kier alpha value is -3.48. The largest absolute Gasteiger partial charge is 0.496 e. The Morgan fingerprint density at radius 3 is 2.63 bits per heavy atom. The van der Waals surface area contributed by atoms with Gasteiger partial charge in [0.1, 0.15) is 11.6 Å². The fourth-order valence-corrected chi connectivity index (χ4v) is 4.24. The van der Waals surface area contributed by atoms with Crippen LogP contribution >= 0.6 is 0 Å². The number of rotatable bonds is 4. The monoisotopic (exact) mass is 406 g/mol. The number of nitrogens with two attached hydrogens (primary N) is 1. The Morgan fingerprint density at radius 2 is 1.97 bits per heavy atom. The van der Waals surface area contributed by atoms with Crippen molar-refractivity contribution in [3.05, 3.63) is 70.8 Å². The van der Waals surface area contributed by atoms with E-state index in [1.165, 1.54) is 19.2 Å². The Labute approximate surface area is 174 Å². The van der Waals surface area contributed by atoms with Gasteiger partial charge in [-0.2, -0.15) is 0 Å². The number of hydrogen-bond donors (Lipinski definition) is 1. The molecule has 6 nitrogen and oxygen atoms in total. The third-order valence-electron chi connectivity index (χ3n) is 5.51. The van der Waals surface area contributed by atoms with E-state index >= 15 is 0 Å². The Kier molecular flexibility index (Phi) is 5.11. The second kappa shape index (κ2) is 7.74. The van der Waals surface area contributed by atoms with Crippen LogP contribution < -0.4 is 10.5 Å². The molecule has 0 fully saturated rings. The van der Waals surface area contributed by atoms with E-state index in [1.807, 2.05) is 37.3 Å². The van der Waals surface area contributed by atoms with Gasteiger partial charge >= 0.3 is 0 Å². The number of likely N-dealkylation sites (N-methyl/N-ethyl adjacent to an activating group) is 1. The highest BCUT2D eigenvalue weighted by atomic mass is 19.1. The van der Waals surface area contributed by atoms with Crippen LogP contribution in [0.5, 0.6) is 5.75 Å². The summed E-state index contributed by atoms with van der Waals surface area (Å²) < 4.78 is 20.0. The third kappa shape index (κ3) is 3.26.